The monoisotopic (exact) mass is 502 g/mol. The molecule has 0 bridgehead atoms. The molecule has 3 aromatic carbocycles. The summed E-state index contributed by atoms with van der Waals surface area (Å²) >= 11 is 9.43. The largest absolute Gasteiger partial charge is 0.496 e. The molecule has 0 fully saturated rings. The van der Waals surface area contributed by atoms with Gasteiger partial charge in [0.25, 0.3) is 11.8 Å². The van der Waals surface area contributed by atoms with Crippen LogP contribution in [0.4, 0.5) is 11.4 Å². The third-order valence-corrected chi connectivity index (χ3v) is 5.27. The molecule has 0 spiro atoms. The van der Waals surface area contributed by atoms with Gasteiger partial charge in [0.2, 0.25) is 0 Å². The van der Waals surface area contributed by atoms with Crippen LogP contribution in [0.1, 0.15) is 17.3 Å². The number of anilines is 2. The van der Waals surface area contributed by atoms with Crippen molar-refractivity contribution in [1.82, 2.24) is 0 Å². The molecule has 160 valence electrons. The fraction of sp³-hybridized carbons (Fsp3) is 0.130. The van der Waals surface area contributed by atoms with Crippen molar-refractivity contribution < 1.29 is 19.1 Å². The summed E-state index contributed by atoms with van der Waals surface area (Å²) < 4.78 is 11.5. The van der Waals surface area contributed by atoms with Crippen molar-refractivity contribution in [3.63, 3.8) is 0 Å². The van der Waals surface area contributed by atoms with E-state index in [-0.39, 0.29) is 11.8 Å². The fourth-order valence-electron chi connectivity index (χ4n) is 2.68. The van der Waals surface area contributed by atoms with Gasteiger partial charge in [-0.15, -0.1) is 0 Å². The number of carbonyl (C=O) groups excluding carboxylic acids is 2. The van der Waals surface area contributed by atoms with E-state index >= 15 is 0 Å². The zero-order chi connectivity index (χ0) is 22.4. The molecular weight excluding hydrogens is 484 g/mol. The van der Waals surface area contributed by atoms with Crippen LogP contribution < -0.4 is 20.1 Å². The van der Waals surface area contributed by atoms with Crippen LogP contribution in [0.15, 0.2) is 71.2 Å². The molecule has 0 radical (unpaired) electrons. The van der Waals surface area contributed by atoms with Crippen molar-refractivity contribution in [3.8, 4) is 11.5 Å². The van der Waals surface area contributed by atoms with Crippen LogP contribution in [0.2, 0.25) is 5.02 Å². The molecule has 0 aliphatic heterocycles. The Balaban J connectivity index is 1.58. The molecule has 6 nitrogen and oxygen atoms in total. The Hall–Kier alpha value is -3.03. The van der Waals surface area contributed by atoms with E-state index in [0.717, 1.165) is 0 Å². The minimum absolute atomic E-state index is 0.262. The molecule has 1 unspecified atom stereocenters. The number of amides is 2. The predicted octanol–water partition coefficient (Wildman–Crippen LogP) is 5.77. The van der Waals surface area contributed by atoms with E-state index in [1.807, 2.05) is 0 Å². The number of hydrogen-bond acceptors (Lipinski definition) is 4. The molecule has 0 heterocycles. The molecular formula is C23H20BrClN2O4. The van der Waals surface area contributed by atoms with Crippen molar-refractivity contribution in [2.75, 3.05) is 17.7 Å². The first-order chi connectivity index (χ1) is 14.9. The second-order valence-corrected chi connectivity index (χ2v) is 7.82. The lowest BCUT2D eigenvalue weighted by Crippen LogP contribution is -2.30. The lowest BCUT2D eigenvalue weighted by atomic mass is 10.2. The van der Waals surface area contributed by atoms with Crippen LogP contribution in [-0.4, -0.2) is 25.0 Å². The topological polar surface area (TPSA) is 76.7 Å². The molecule has 3 rings (SSSR count). The minimum Gasteiger partial charge on any atom is -0.496 e. The van der Waals surface area contributed by atoms with Crippen LogP contribution in [0, 0.1) is 0 Å². The van der Waals surface area contributed by atoms with Gasteiger partial charge in [0, 0.05) is 16.9 Å². The Morgan fingerprint density at radius 2 is 1.58 bits per heavy atom. The maximum absolute atomic E-state index is 12.4. The van der Waals surface area contributed by atoms with E-state index in [1.54, 1.807) is 80.8 Å². The fourth-order valence-corrected chi connectivity index (χ4v) is 3.40. The standard InChI is InChI=1S/C23H20BrClN2O4/c1-14(31-21-6-4-3-5-19(21)25)22(28)26-16-8-10-17(11-9-16)27-23(29)15-7-12-20(30-2)18(24)13-15/h3-14H,1-2H3,(H,26,28)(H,27,29). The lowest BCUT2D eigenvalue weighted by Gasteiger charge is -2.16. The lowest BCUT2D eigenvalue weighted by molar-refractivity contribution is -0.122. The molecule has 0 aromatic heterocycles. The van der Waals surface area contributed by atoms with Gasteiger partial charge in [-0.25, -0.2) is 0 Å². The molecule has 0 aliphatic carbocycles. The molecule has 2 amide bonds. The molecule has 0 saturated heterocycles. The Bertz CT molecular complexity index is 1090. The van der Waals surface area contributed by atoms with Crippen LogP contribution >= 0.6 is 27.5 Å². The smallest absolute Gasteiger partial charge is 0.265 e. The highest BCUT2D eigenvalue weighted by Gasteiger charge is 2.16. The Morgan fingerprint density at radius 3 is 2.19 bits per heavy atom. The third kappa shape index (κ3) is 5.99. The number of rotatable bonds is 7. The number of hydrogen-bond donors (Lipinski definition) is 2. The van der Waals surface area contributed by atoms with Gasteiger partial charge in [-0.1, -0.05) is 23.7 Å². The van der Waals surface area contributed by atoms with Crippen molar-refractivity contribution in [2.24, 2.45) is 0 Å². The van der Waals surface area contributed by atoms with Crippen LogP contribution in [0.5, 0.6) is 11.5 Å². The maximum atomic E-state index is 12.4. The minimum atomic E-state index is -0.743. The van der Waals surface area contributed by atoms with E-state index in [9.17, 15) is 9.59 Å². The summed E-state index contributed by atoms with van der Waals surface area (Å²) in [6.45, 7) is 1.64. The van der Waals surface area contributed by atoms with Gasteiger partial charge in [0.05, 0.1) is 16.6 Å². The maximum Gasteiger partial charge on any atom is 0.265 e. The summed E-state index contributed by atoms with van der Waals surface area (Å²) in [6.07, 6.45) is -0.743. The van der Waals surface area contributed by atoms with Gasteiger partial charge >= 0.3 is 0 Å². The Morgan fingerprint density at radius 1 is 0.935 bits per heavy atom. The quantitative estimate of drug-likeness (QED) is 0.429. The van der Waals surface area contributed by atoms with E-state index in [0.29, 0.717) is 37.9 Å². The van der Waals surface area contributed by atoms with Crippen LogP contribution in [0.3, 0.4) is 0 Å². The number of methoxy groups -OCH3 is 1. The number of benzene rings is 3. The molecule has 1 atom stereocenters. The predicted molar refractivity (Wildman–Crippen MR) is 125 cm³/mol. The van der Waals surface area contributed by atoms with Gasteiger partial charge < -0.3 is 20.1 Å². The number of carbonyl (C=O) groups is 2. The number of ether oxygens (including phenoxy) is 2. The second-order valence-electron chi connectivity index (χ2n) is 6.56. The summed E-state index contributed by atoms with van der Waals surface area (Å²) in [5.74, 6) is 0.501. The molecule has 31 heavy (non-hydrogen) atoms. The van der Waals surface area contributed by atoms with Crippen molar-refractivity contribution >= 4 is 50.7 Å². The zero-order valence-electron chi connectivity index (χ0n) is 16.8. The van der Waals surface area contributed by atoms with Gasteiger partial charge in [0.1, 0.15) is 11.5 Å². The van der Waals surface area contributed by atoms with Crippen LogP contribution in [0.25, 0.3) is 0 Å². The van der Waals surface area contributed by atoms with E-state index in [2.05, 4.69) is 26.6 Å². The van der Waals surface area contributed by atoms with Gasteiger partial charge in [-0.2, -0.15) is 0 Å². The van der Waals surface area contributed by atoms with Gasteiger partial charge in [0.15, 0.2) is 6.10 Å². The highest BCUT2D eigenvalue weighted by molar-refractivity contribution is 9.10. The molecule has 0 saturated carbocycles. The number of nitrogens with one attached hydrogen (secondary N) is 2. The number of halogens is 2. The average molecular weight is 504 g/mol. The van der Waals surface area contributed by atoms with E-state index in [4.69, 9.17) is 21.1 Å². The van der Waals surface area contributed by atoms with Crippen LogP contribution in [-0.2, 0) is 4.79 Å². The summed E-state index contributed by atoms with van der Waals surface area (Å²) in [6, 6.07) is 18.8. The molecule has 2 N–H and O–H groups in total. The first-order valence-corrected chi connectivity index (χ1v) is 10.5. The second kappa shape index (κ2) is 10.3. The SMILES string of the molecule is COc1ccc(C(=O)Nc2ccc(NC(=O)C(C)Oc3ccccc3Cl)cc2)cc1Br. The van der Waals surface area contributed by atoms with Gasteiger partial charge in [-0.3, -0.25) is 9.59 Å². The molecule has 0 aliphatic rings. The molecule has 3 aromatic rings. The third-order valence-electron chi connectivity index (χ3n) is 4.33. The highest BCUT2D eigenvalue weighted by atomic mass is 79.9. The summed E-state index contributed by atoms with van der Waals surface area (Å²) in [4.78, 5) is 24.8. The molecule has 8 heteroatoms. The summed E-state index contributed by atoms with van der Waals surface area (Å²) in [5, 5.41) is 6.02. The summed E-state index contributed by atoms with van der Waals surface area (Å²) in [5.41, 5.74) is 1.65. The van der Waals surface area contributed by atoms with E-state index in [1.165, 1.54) is 0 Å². The van der Waals surface area contributed by atoms with Crippen molar-refractivity contribution in [3.05, 3.63) is 81.8 Å². The Kier molecular flexibility index (Phi) is 7.55. The first-order valence-electron chi connectivity index (χ1n) is 9.34. The highest BCUT2D eigenvalue weighted by Crippen LogP contribution is 2.26. The van der Waals surface area contributed by atoms with E-state index < -0.39 is 6.10 Å². The normalized spacial score (nSPS) is 11.4. The van der Waals surface area contributed by atoms with Crippen molar-refractivity contribution in [1.29, 1.82) is 0 Å². The van der Waals surface area contributed by atoms with Crippen molar-refractivity contribution in [2.45, 2.75) is 13.0 Å². The van der Waals surface area contributed by atoms with Gasteiger partial charge in [-0.05, 0) is 77.5 Å². The summed E-state index contributed by atoms with van der Waals surface area (Å²) in [7, 11) is 1.56. The average Bonchev–Trinajstić information content (AvgIpc) is 2.76. The first kappa shape index (κ1) is 22.7. The number of para-hydroxylation sites is 1. The zero-order valence-corrected chi connectivity index (χ0v) is 19.2. The Labute approximate surface area is 193 Å².